The van der Waals surface area contributed by atoms with E-state index < -0.39 is 0 Å². The second-order valence-corrected chi connectivity index (χ2v) is 3.87. The van der Waals surface area contributed by atoms with Gasteiger partial charge in [0.25, 0.3) is 5.91 Å². The summed E-state index contributed by atoms with van der Waals surface area (Å²) in [6, 6.07) is 3.22. The normalized spacial score (nSPS) is 9.58. The molecule has 0 saturated carbocycles. The van der Waals surface area contributed by atoms with Crippen LogP contribution in [0.4, 0.5) is 0 Å². The predicted octanol–water partition coefficient (Wildman–Crippen LogP) is -3.49. The van der Waals surface area contributed by atoms with Gasteiger partial charge in [0.2, 0.25) is 5.75 Å². The molecule has 0 aliphatic heterocycles. The van der Waals surface area contributed by atoms with Gasteiger partial charge in [0.05, 0.1) is 41.0 Å². The van der Waals surface area contributed by atoms with Crippen molar-refractivity contribution in [1.82, 2.24) is 5.43 Å². The Labute approximate surface area is 119 Å². The Morgan fingerprint density at radius 2 is 1.53 bits per heavy atom. The molecule has 0 unspecified atom stereocenters. The maximum Gasteiger partial charge on any atom is 0.296 e. The van der Waals surface area contributed by atoms with Gasteiger partial charge >= 0.3 is 0 Å². The molecule has 0 fully saturated rings. The number of carbonyl (C=O) groups is 1. The lowest BCUT2D eigenvalue weighted by Crippen LogP contribution is -3.13. The second kappa shape index (κ2) is 7.70. The third-order valence-electron chi connectivity index (χ3n) is 2.29. The Hall–Kier alpha value is -1.66. The zero-order valence-electron chi connectivity index (χ0n) is 11.7. The van der Waals surface area contributed by atoms with Gasteiger partial charge in [0.1, 0.15) is 0 Å². The van der Waals surface area contributed by atoms with Crippen LogP contribution in [0.2, 0.25) is 0 Å². The summed E-state index contributed by atoms with van der Waals surface area (Å²) in [5.74, 6) is 1.16. The number of carbonyl (C=O) groups excluding carboxylic acids is 1. The predicted molar refractivity (Wildman–Crippen MR) is 66.4 cm³/mol. The van der Waals surface area contributed by atoms with E-state index in [1.807, 2.05) is 14.1 Å². The minimum absolute atomic E-state index is 0. The fourth-order valence-corrected chi connectivity index (χ4v) is 1.51. The minimum atomic E-state index is -0.214. The monoisotopic (exact) mass is 290 g/mol. The van der Waals surface area contributed by atoms with Crippen molar-refractivity contribution in [3.63, 3.8) is 0 Å². The van der Waals surface area contributed by atoms with Crippen LogP contribution in [0.3, 0.4) is 0 Å². The molecule has 0 heterocycles. The summed E-state index contributed by atoms with van der Waals surface area (Å²) in [6.07, 6.45) is 0. The zero-order valence-corrected chi connectivity index (χ0v) is 12.4. The molecule has 0 saturated heterocycles. The number of rotatable bonds is 5. The molecule has 7 heteroatoms. The van der Waals surface area contributed by atoms with Gasteiger partial charge in [-0.15, -0.1) is 0 Å². The van der Waals surface area contributed by atoms with Crippen LogP contribution in [0.25, 0.3) is 0 Å². The second-order valence-electron chi connectivity index (χ2n) is 3.87. The topological polar surface area (TPSA) is 61.2 Å². The number of halogens is 1. The quantitative estimate of drug-likeness (QED) is 0.553. The molecule has 1 amide bonds. The van der Waals surface area contributed by atoms with Gasteiger partial charge in [0, 0.05) is 0 Å². The first-order valence-corrected chi connectivity index (χ1v) is 5.45. The van der Waals surface area contributed by atoms with Crippen LogP contribution >= 0.6 is 0 Å². The Morgan fingerprint density at radius 3 is 1.84 bits per heavy atom. The lowest BCUT2D eigenvalue weighted by molar-refractivity contribution is -0.895. The molecule has 0 atom stereocenters. The first-order chi connectivity index (χ1) is 8.53. The summed E-state index contributed by atoms with van der Waals surface area (Å²) in [7, 11) is 8.17. The molecular weight excluding hydrogens is 272 g/mol. The van der Waals surface area contributed by atoms with Crippen LogP contribution in [0.15, 0.2) is 12.1 Å². The highest BCUT2D eigenvalue weighted by molar-refractivity contribution is 5.94. The van der Waals surface area contributed by atoms with Crippen molar-refractivity contribution in [1.29, 1.82) is 0 Å². The molecule has 6 nitrogen and oxygen atoms in total. The summed E-state index contributed by atoms with van der Waals surface area (Å²) in [5, 5.41) is 0.814. The van der Waals surface area contributed by atoms with Crippen LogP contribution in [0.5, 0.6) is 17.2 Å². The average Bonchev–Trinajstić information content (AvgIpc) is 2.35. The summed E-state index contributed by atoms with van der Waals surface area (Å²) in [4.78, 5) is 11.9. The third-order valence-corrected chi connectivity index (χ3v) is 2.29. The maximum atomic E-state index is 11.9. The largest absolute Gasteiger partial charge is 1.00 e. The van der Waals surface area contributed by atoms with Crippen LogP contribution < -0.4 is 37.1 Å². The van der Waals surface area contributed by atoms with Gasteiger partial charge in [-0.05, 0) is 12.1 Å². The maximum absolute atomic E-state index is 11.9. The molecule has 0 radical (unpaired) electrons. The highest BCUT2D eigenvalue weighted by Gasteiger charge is 2.17. The van der Waals surface area contributed by atoms with Crippen molar-refractivity contribution in [2.45, 2.75) is 0 Å². The van der Waals surface area contributed by atoms with Crippen molar-refractivity contribution in [2.75, 3.05) is 35.4 Å². The summed E-state index contributed by atoms with van der Waals surface area (Å²) in [5.41, 5.74) is 3.17. The summed E-state index contributed by atoms with van der Waals surface area (Å²) < 4.78 is 15.6. The number of methoxy groups -OCH3 is 3. The van der Waals surface area contributed by atoms with Crippen molar-refractivity contribution >= 4 is 5.91 Å². The molecule has 108 valence electrons. The van der Waals surface area contributed by atoms with E-state index in [0.717, 1.165) is 5.01 Å². The van der Waals surface area contributed by atoms with Gasteiger partial charge in [0.15, 0.2) is 11.5 Å². The number of hydrogen-bond acceptors (Lipinski definition) is 4. The van der Waals surface area contributed by atoms with Gasteiger partial charge in [-0.25, -0.2) is 5.01 Å². The van der Waals surface area contributed by atoms with Crippen molar-refractivity contribution in [3.05, 3.63) is 17.7 Å². The first-order valence-electron chi connectivity index (χ1n) is 5.45. The van der Waals surface area contributed by atoms with E-state index in [2.05, 4.69) is 5.43 Å². The number of quaternary nitrogens is 1. The van der Waals surface area contributed by atoms with Crippen molar-refractivity contribution < 1.29 is 36.4 Å². The van der Waals surface area contributed by atoms with E-state index in [9.17, 15) is 4.79 Å². The lowest BCUT2D eigenvalue weighted by Gasteiger charge is -2.14. The Bertz CT molecular complexity index is 413. The van der Waals surface area contributed by atoms with Crippen molar-refractivity contribution in [3.8, 4) is 17.2 Å². The van der Waals surface area contributed by atoms with Gasteiger partial charge in [-0.1, -0.05) is 0 Å². The lowest BCUT2D eigenvalue weighted by atomic mass is 10.1. The van der Waals surface area contributed by atoms with E-state index >= 15 is 0 Å². The molecular formula is C12H19ClN2O4. The number of ether oxygens (including phenoxy) is 3. The van der Waals surface area contributed by atoms with E-state index in [4.69, 9.17) is 14.2 Å². The molecule has 0 aromatic heterocycles. The molecule has 1 aromatic rings. The minimum Gasteiger partial charge on any atom is -1.00 e. The van der Waals surface area contributed by atoms with E-state index in [1.165, 1.54) is 21.3 Å². The highest BCUT2D eigenvalue weighted by Crippen LogP contribution is 2.38. The number of benzene rings is 1. The molecule has 0 aliphatic rings. The first kappa shape index (κ1) is 17.3. The molecule has 1 rings (SSSR count). The van der Waals surface area contributed by atoms with E-state index in [-0.39, 0.29) is 18.3 Å². The van der Waals surface area contributed by atoms with Crippen LogP contribution in [-0.2, 0) is 0 Å². The summed E-state index contributed by atoms with van der Waals surface area (Å²) >= 11 is 0. The van der Waals surface area contributed by atoms with Gasteiger partial charge < -0.3 is 26.6 Å². The van der Waals surface area contributed by atoms with Crippen LogP contribution in [0.1, 0.15) is 10.4 Å². The molecule has 19 heavy (non-hydrogen) atoms. The molecule has 2 N–H and O–H groups in total. The number of amides is 1. The molecule has 0 aliphatic carbocycles. The molecule has 0 spiro atoms. The fourth-order valence-electron chi connectivity index (χ4n) is 1.51. The molecule has 0 bridgehead atoms. The standard InChI is InChI=1S/C12H18N2O4.ClH/c1-14(2)13-12(15)8-6-9(16-3)11(18-5)10(7-8)17-4;/h6-7H,1-5H3,(H,13,15);1H. The Morgan fingerprint density at radius 1 is 1.05 bits per heavy atom. The Balaban J connectivity index is 0.00000324. The van der Waals surface area contributed by atoms with E-state index in [1.54, 1.807) is 12.1 Å². The number of nitrogens with one attached hydrogen (secondary N) is 2. The molecule has 1 aromatic carbocycles. The van der Waals surface area contributed by atoms with Gasteiger partial charge in [-0.2, -0.15) is 5.43 Å². The smallest absolute Gasteiger partial charge is 0.296 e. The van der Waals surface area contributed by atoms with Crippen molar-refractivity contribution in [2.24, 2.45) is 0 Å². The van der Waals surface area contributed by atoms with Crippen LogP contribution in [0, 0.1) is 0 Å². The third kappa shape index (κ3) is 4.18. The van der Waals surface area contributed by atoms with Gasteiger partial charge in [-0.3, -0.25) is 4.79 Å². The van der Waals surface area contributed by atoms with Crippen LogP contribution in [-0.4, -0.2) is 41.3 Å². The SMILES string of the molecule is COc1cc(C(=O)N[NH+](C)C)cc(OC)c1OC.[Cl-]. The Kier molecular flexibility index (Phi) is 7.03. The summed E-state index contributed by atoms with van der Waals surface area (Å²) in [6.45, 7) is 0. The average molecular weight is 291 g/mol. The highest BCUT2D eigenvalue weighted by atomic mass is 35.5. The number of hydrogen-bond donors (Lipinski definition) is 2. The fraction of sp³-hybridized carbons (Fsp3) is 0.417. The van der Waals surface area contributed by atoms with E-state index in [0.29, 0.717) is 22.8 Å². The zero-order chi connectivity index (χ0) is 13.7.